The van der Waals surface area contributed by atoms with E-state index in [1.54, 1.807) is 0 Å². The summed E-state index contributed by atoms with van der Waals surface area (Å²) < 4.78 is 66.7. The van der Waals surface area contributed by atoms with E-state index in [1.165, 1.54) is 0 Å². The van der Waals surface area contributed by atoms with Gasteiger partial charge in [0.05, 0.1) is 68.2 Å². The molecule has 0 aliphatic heterocycles. The average molecular weight is 1070 g/mol. The van der Waals surface area contributed by atoms with E-state index in [-0.39, 0.29) is 203 Å². The van der Waals surface area contributed by atoms with Gasteiger partial charge < -0.3 is 40.2 Å². The third-order valence-electron chi connectivity index (χ3n) is 22.4. The summed E-state index contributed by atoms with van der Waals surface area (Å²) in [5, 5.41) is 63.6. The summed E-state index contributed by atoms with van der Waals surface area (Å²) in [6.07, 6.45) is 11.0. The van der Waals surface area contributed by atoms with Crippen molar-refractivity contribution in [3.63, 3.8) is 0 Å². The molecule has 0 aromatic rings. The van der Waals surface area contributed by atoms with Gasteiger partial charge in [-0.15, -0.1) is 0 Å². The van der Waals surface area contributed by atoms with Crippen molar-refractivity contribution in [1.82, 2.24) is 10.6 Å². The first-order valence-corrected chi connectivity index (χ1v) is 30.4. The normalized spacial score (nSPS) is 45.3. The third-order valence-corrected chi connectivity index (χ3v) is 23.8. The number of fused-ring (bicyclic) bond motifs is 10. The summed E-state index contributed by atoms with van der Waals surface area (Å²) >= 11 is 0. The molecule has 0 aromatic heterocycles. The number of nitrogens with one attached hydrogen (secondary N) is 2. The Kier molecular flexibility index (Phi) is 20.0. The van der Waals surface area contributed by atoms with Gasteiger partial charge in [-0.1, -0.05) is 41.5 Å². The maximum Gasteiger partial charge on any atom is 1.00 e. The molecule has 22 atom stereocenters. The minimum Gasteiger partial charge on any atom is -0.748 e. The minimum absolute atomic E-state index is 0. The van der Waals surface area contributed by atoms with Crippen molar-refractivity contribution in [3.8, 4) is 0 Å². The topological polar surface area (TPSA) is 278 Å². The van der Waals surface area contributed by atoms with E-state index < -0.39 is 54.8 Å². The zero-order valence-corrected chi connectivity index (χ0v) is 50.3. The predicted molar refractivity (Wildman–Crippen MR) is 260 cm³/mol. The Labute approximate surface area is 474 Å². The molecule has 16 nitrogen and oxygen atoms in total. The van der Waals surface area contributed by atoms with Crippen molar-refractivity contribution in [3.05, 3.63) is 0 Å². The molecule has 0 radical (unpaired) electrons. The monoisotopic (exact) mass is 1070 g/mol. The van der Waals surface area contributed by atoms with Crippen LogP contribution in [0.2, 0.25) is 0 Å². The third kappa shape index (κ3) is 12.0. The Balaban J connectivity index is 0.00000423. The Morgan fingerprint density at radius 2 is 0.931 bits per heavy atom. The molecule has 8 saturated carbocycles. The smallest absolute Gasteiger partial charge is 0.748 e. The molecule has 8 rings (SSSR count). The van der Waals surface area contributed by atoms with Crippen LogP contribution >= 0.6 is 0 Å². The number of azo groups is 1. The summed E-state index contributed by atoms with van der Waals surface area (Å²) in [6, 6.07) is -0.217. The molecule has 8 aliphatic rings. The molecule has 0 aromatic carbocycles. The first-order valence-electron chi connectivity index (χ1n) is 27.2. The molecule has 0 spiro atoms. The summed E-state index contributed by atoms with van der Waals surface area (Å²) in [5.74, 6) is 0.150. The maximum atomic E-state index is 12.8. The number of aliphatic hydroxyl groups is 4. The standard InChI is InChI=1S/C52H88N4O12S2.2Na/c1-29(7-13-45(61)53-19-21-69(63,64)65)35-9-11-37-47-39(27-43(59)51(35,37)5)49(3)17-15-33(57)23-31(49)25-41(47)55-56-42-26-32-24-34(58)16-18-50(32,4)40-28-44(60)52(6)36(10-12-38(52)48(40)42)30(2)8-14-46(62)54-20-22-70(66,67)68;;/h29-44,47-48,57-60H,7-28H2,1-6H3,(H,53,61)(H,54,62)(H,63,64,65)(H,66,67,68);;/q;2*+1/p-2/t29-,30-,31?,32?,33-,34-,35-,36-,37+,38+,39+,40+,41?,42?,43+,44+,47+,48+,49+,50+,51-,52-;;/m1../s1. The molecule has 8 fully saturated rings. The molecule has 20 heteroatoms. The number of aliphatic hydroxyl groups excluding tert-OH is 4. The number of rotatable bonds is 16. The van der Waals surface area contributed by atoms with Crippen molar-refractivity contribution >= 4 is 32.1 Å². The van der Waals surface area contributed by atoms with Crippen LogP contribution in [-0.4, -0.2) is 119 Å². The molecule has 400 valence electrons. The largest absolute Gasteiger partial charge is 1.00 e. The number of hydrogen-bond donors (Lipinski definition) is 6. The molecule has 2 amide bonds. The first-order chi connectivity index (χ1) is 32.7. The van der Waals surface area contributed by atoms with Gasteiger partial charge in [0.25, 0.3) is 0 Å². The summed E-state index contributed by atoms with van der Waals surface area (Å²) in [4.78, 5) is 25.6. The molecule has 0 saturated heterocycles. The Bertz CT molecular complexity index is 2030. The maximum absolute atomic E-state index is 12.8. The second-order valence-corrected chi connectivity index (χ2v) is 28.6. The van der Waals surface area contributed by atoms with Crippen molar-refractivity contribution in [2.75, 3.05) is 24.6 Å². The zero-order valence-electron chi connectivity index (χ0n) is 44.7. The van der Waals surface area contributed by atoms with Gasteiger partial charge in [-0.3, -0.25) is 9.59 Å². The molecular formula is C52H86N4Na2O12S2. The second-order valence-electron chi connectivity index (χ2n) is 25.5. The summed E-state index contributed by atoms with van der Waals surface area (Å²) in [6.45, 7) is 13.2. The number of carbonyl (C=O) groups excluding carboxylic acids is 2. The van der Waals surface area contributed by atoms with Gasteiger partial charge in [-0.25, -0.2) is 16.8 Å². The van der Waals surface area contributed by atoms with E-state index in [2.05, 4.69) is 52.2 Å². The van der Waals surface area contributed by atoms with Crippen LogP contribution in [-0.2, 0) is 29.8 Å². The van der Waals surface area contributed by atoms with Crippen LogP contribution in [0.1, 0.15) is 157 Å². The van der Waals surface area contributed by atoms with E-state index >= 15 is 0 Å². The average Bonchev–Trinajstić information content (AvgIpc) is 3.83. The zero-order chi connectivity index (χ0) is 50.9. The van der Waals surface area contributed by atoms with Crippen molar-refractivity contribution in [2.24, 2.45) is 103 Å². The number of nitrogens with zero attached hydrogens (tertiary/aromatic N) is 2. The van der Waals surface area contributed by atoms with Crippen molar-refractivity contribution in [2.45, 2.75) is 194 Å². The molecular weight excluding hydrogens is 983 g/mol. The van der Waals surface area contributed by atoms with E-state index in [0.29, 0.717) is 38.5 Å². The first kappa shape index (κ1) is 61.4. The fourth-order valence-electron chi connectivity index (χ4n) is 18.6. The van der Waals surface area contributed by atoms with Gasteiger partial charge in [0.1, 0.15) is 0 Å². The molecule has 72 heavy (non-hydrogen) atoms. The Morgan fingerprint density at radius 1 is 0.569 bits per heavy atom. The SMILES string of the molecule is C[C@H](CCC(=O)NCCS(=O)(=O)[O-])[C@H]1CC[C@H]2[C@@H]3C(N=NC4CC5C[C@H](O)CC[C@]5(C)[C@H]5C[C@H](O)[C@]6(C)[C@@H]([C@H](C)CCC(=O)NCCS(=O)(=O)[O-])CC[C@H]6[C@H]45)CC4C[C@H](O)CC[C@]4(C)[C@H]3C[C@H](O)[C@]12C.[Na+].[Na+]. The van der Waals surface area contributed by atoms with Gasteiger partial charge in [-0.05, 0) is 195 Å². The van der Waals surface area contributed by atoms with Gasteiger partial charge in [0.2, 0.25) is 11.8 Å². The number of carbonyl (C=O) groups is 2. The van der Waals surface area contributed by atoms with Crippen LogP contribution in [0.3, 0.4) is 0 Å². The Hall–Kier alpha value is 0.200. The molecule has 6 N–H and O–H groups in total. The Morgan fingerprint density at radius 3 is 1.28 bits per heavy atom. The fraction of sp³-hybridized carbons (Fsp3) is 0.962. The van der Waals surface area contributed by atoms with Crippen molar-refractivity contribution in [1.29, 1.82) is 0 Å². The van der Waals surface area contributed by atoms with E-state index in [9.17, 15) is 56.0 Å². The van der Waals surface area contributed by atoms with Gasteiger partial charge >= 0.3 is 59.1 Å². The fourth-order valence-corrected chi connectivity index (χ4v) is 19.3. The molecule has 8 aliphatic carbocycles. The number of amides is 2. The molecule has 0 heterocycles. The van der Waals surface area contributed by atoms with Crippen LogP contribution in [0.4, 0.5) is 0 Å². The number of hydrogen-bond acceptors (Lipinski definition) is 14. The second kappa shape index (κ2) is 23.5. The summed E-state index contributed by atoms with van der Waals surface area (Å²) in [5.41, 5.74) is -0.987. The van der Waals surface area contributed by atoms with Gasteiger partial charge in [0.15, 0.2) is 0 Å². The molecule has 0 bridgehead atoms. The van der Waals surface area contributed by atoms with E-state index in [4.69, 9.17) is 10.2 Å². The summed E-state index contributed by atoms with van der Waals surface area (Å²) in [7, 11) is -8.87. The van der Waals surface area contributed by atoms with Gasteiger partial charge in [0, 0.05) is 25.9 Å². The van der Waals surface area contributed by atoms with Crippen LogP contribution in [0, 0.1) is 92.7 Å². The van der Waals surface area contributed by atoms with E-state index in [1.807, 2.05) is 0 Å². The van der Waals surface area contributed by atoms with Crippen LogP contribution in [0.25, 0.3) is 0 Å². The molecule has 4 unspecified atom stereocenters. The van der Waals surface area contributed by atoms with Crippen LogP contribution in [0.5, 0.6) is 0 Å². The predicted octanol–water partition coefficient (Wildman–Crippen LogP) is -0.460. The van der Waals surface area contributed by atoms with Crippen molar-refractivity contribution < 1.29 is 115 Å². The van der Waals surface area contributed by atoms with Crippen LogP contribution in [0.15, 0.2) is 10.2 Å². The quantitative estimate of drug-likeness (QED) is 0.0652. The van der Waals surface area contributed by atoms with Gasteiger partial charge in [-0.2, -0.15) is 10.2 Å². The minimum atomic E-state index is -4.43. The van der Waals surface area contributed by atoms with Crippen LogP contribution < -0.4 is 69.7 Å². The van der Waals surface area contributed by atoms with E-state index in [0.717, 1.165) is 64.2 Å².